The lowest BCUT2D eigenvalue weighted by Crippen LogP contribution is -2.42. The fourth-order valence-electron chi connectivity index (χ4n) is 2.72. The summed E-state index contributed by atoms with van der Waals surface area (Å²) < 4.78 is 0. The summed E-state index contributed by atoms with van der Waals surface area (Å²) in [5.74, 6) is 1.15. The molecule has 0 radical (unpaired) electrons. The van der Waals surface area contributed by atoms with E-state index >= 15 is 0 Å². The second-order valence-corrected chi connectivity index (χ2v) is 5.87. The predicted molar refractivity (Wildman–Crippen MR) is 68.3 cm³/mol. The first kappa shape index (κ1) is 13.9. The van der Waals surface area contributed by atoms with Crippen LogP contribution in [0, 0.1) is 11.8 Å². The highest BCUT2D eigenvalue weighted by atomic mass is 16.3. The lowest BCUT2D eigenvalue weighted by atomic mass is 9.94. The van der Waals surface area contributed by atoms with Crippen molar-refractivity contribution in [3.05, 3.63) is 0 Å². The summed E-state index contributed by atoms with van der Waals surface area (Å²) in [5, 5.41) is 10.3. The van der Waals surface area contributed by atoms with E-state index in [9.17, 15) is 5.11 Å². The first-order chi connectivity index (χ1) is 7.47. The molecule has 0 aromatic rings. The molecule has 0 aromatic carbocycles. The lowest BCUT2D eigenvalue weighted by Gasteiger charge is -2.32. The molecule has 3 heteroatoms. The Bertz CT molecular complexity index is 200. The summed E-state index contributed by atoms with van der Waals surface area (Å²) in [6.45, 7) is 6.97. The van der Waals surface area contributed by atoms with Crippen molar-refractivity contribution in [1.82, 2.24) is 4.90 Å². The average Bonchev–Trinajstić information content (AvgIpc) is 2.60. The molecule has 0 aliphatic heterocycles. The molecule has 96 valence electrons. The van der Waals surface area contributed by atoms with Crippen LogP contribution in [0.1, 0.15) is 39.5 Å². The Balaban J connectivity index is 2.36. The van der Waals surface area contributed by atoms with E-state index in [1.165, 1.54) is 12.8 Å². The summed E-state index contributed by atoms with van der Waals surface area (Å²) >= 11 is 0. The fraction of sp³-hybridized carbons (Fsp3) is 1.00. The van der Waals surface area contributed by atoms with Crippen molar-refractivity contribution >= 4 is 0 Å². The van der Waals surface area contributed by atoms with E-state index in [0.29, 0.717) is 11.8 Å². The number of nitrogens with two attached hydrogens (primary N) is 1. The monoisotopic (exact) mass is 228 g/mol. The topological polar surface area (TPSA) is 49.5 Å². The molecule has 0 aromatic heterocycles. The molecule has 0 spiro atoms. The second kappa shape index (κ2) is 5.99. The third-order valence-electron chi connectivity index (χ3n) is 3.89. The number of rotatable bonds is 6. The Morgan fingerprint density at radius 2 is 1.88 bits per heavy atom. The number of aliphatic hydroxyl groups is 1. The second-order valence-electron chi connectivity index (χ2n) is 5.87. The Morgan fingerprint density at radius 3 is 2.31 bits per heavy atom. The van der Waals surface area contributed by atoms with Gasteiger partial charge in [0.2, 0.25) is 0 Å². The molecule has 1 fully saturated rings. The zero-order valence-corrected chi connectivity index (χ0v) is 11.1. The Labute approximate surface area is 100 Å². The largest absolute Gasteiger partial charge is 0.389 e. The predicted octanol–water partition coefficient (Wildman–Crippen LogP) is 1.45. The van der Waals surface area contributed by atoms with Crippen LogP contribution in [0.5, 0.6) is 0 Å². The number of likely N-dealkylation sites (N-methyl/N-ethyl adjacent to an activating group) is 1. The zero-order valence-electron chi connectivity index (χ0n) is 11.1. The van der Waals surface area contributed by atoms with Crippen molar-refractivity contribution in [2.45, 2.75) is 45.1 Å². The van der Waals surface area contributed by atoms with Gasteiger partial charge in [0.05, 0.1) is 5.60 Å². The highest BCUT2D eigenvalue weighted by Crippen LogP contribution is 2.30. The summed E-state index contributed by atoms with van der Waals surface area (Å²) in [6, 6.07) is 0. The fourth-order valence-corrected chi connectivity index (χ4v) is 2.72. The molecule has 1 rings (SSSR count). The van der Waals surface area contributed by atoms with Gasteiger partial charge in [0, 0.05) is 13.1 Å². The van der Waals surface area contributed by atoms with E-state index in [-0.39, 0.29) is 0 Å². The van der Waals surface area contributed by atoms with Gasteiger partial charge in [-0.2, -0.15) is 0 Å². The van der Waals surface area contributed by atoms with Crippen LogP contribution in [-0.4, -0.2) is 42.3 Å². The van der Waals surface area contributed by atoms with E-state index in [2.05, 4.69) is 25.8 Å². The summed E-state index contributed by atoms with van der Waals surface area (Å²) in [7, 11) is 2.10. The summed E-state index contributed by atoms with van der Waals surface area (Å²) in [5.41, 5.74) is 5.35. The van der Waals surface area contributed by atoms with Crippen LogP contribution in [0.25, 0.3) is 0 Å². The van der Waals surface area contributed by atoms with Crippen LogP contribution in [0.2, 0.25) is 0 Å². The van der Waals surface area contributed by atoms with Gasteiger partial charge in [0.15, 0.2) is 0 Å². The van der Waals surface area contributed by atoms with Gasteiger partial charge in [-0.3, -0.25) is 0 Å². The zero-order chi connectivity index (χ0) is 12.2. The molecule has 1 unspecified atom stereocenters. The number of hydrogen-bond donors (Lipinski definition) is 2. The van der Waals surface area contributed by atoms with Gasteiger partial charge in [-0.15, -0.1) is 0 Å². The standard InChI is InChI=1S/C13H28N2O/c1-11(2)12(8-14)9-15(3)10-13(16)6-4-5-7-13/h11-12,16H,4-10,14H2,1-3H3. The van der Waals surface area contributed by atoms with E-state index in [1.807, 2.05) is 0 Å². The first-order valence-electron chi connectivity index (χ1n) is 6.58. The SMILES string of the molecule is CC(C)C(CN)CN(C)CC1(O)CCCC1. The van der Waals surface area contributed by atoms with Gasteiger partial charge in [0.1, 0.15) is 0 Å². The van der Waals surface area contributed by atoms with Crippen molar-refractivity contribution in [2.75, 3.05) is 26.7 Å². The highest BCUT2D eigenvalue weighted by Gasteiger charge is 2.32. The van der Waals surface area contributed by atoms with E-state index in [0.717, 1.165) is 32.5 Å². The molecular formula is C13H28N2O. The van der Waals surface area contributed by atoms with Gasteiger partial charge in [-0.1, -0.05) is 26.7 Å². The maximum absolute atomic E-state index is 10.3. The quantitative estimate of drug-likeness (QED) is 0.723. The maximum atomic E-state index is 10.3. The maximum Gasteiger partial charge on any atom is 0.0774 e. The van der Waals surface area contributed by atoms with Gasteiger partial charge < -0.3 is 15.7 Å². The van der Waals surface area contributed by atoms with Gasteiger partial charge in [0.25, 0.3) is 0 Å². The number of nitrogens with zero attached hydrogens (tertiary/aromatic N) is 1. The van der Waals surface area contributed by atoms with E-state index < -0.39 is 5.60 Å². The highest BCUT2D eigenvalue weighted by molar-refractivity contribution is 4.87. The molecule has 0 heterocycles. The van der Waals surface area contributed by atoms with Crippen molar-refractivity contribution in [1.29, 1.82) is 0 Å². The van der Waals surface area contributed by atoms with Crippen molar-refractivity contribution in [3.63, 3.8) is 0 Å². The minimum atomic E-state index is -0.426. The molecule has 1 aliphatic carbocycles. The molecular weight excluding hydrogens is 200 g/mol. The molecule has 3 nitrogen and oxygen atoms in total. The molecule has 1 aliphatic rings. The Morgan fingerprint density at radius 1 is 1.31 bits per heavy atom. The van der Waals surface area contributed by atoms with Crippen LogP contribution in [0.4, 0.5) is 0 Å². The van der Waals surface area contributed by atoms with E-state index in [1.54, 1.807) is 0 Å². The lowest BCUT2D eigenvalue weighted by molar-refractivity contribution is 0.0115. The van der Waals surface area contributed by atoms with Crippen molar-refractivity contribution in [2.24, 2.45) is 17.6 Å². The third kappa shape index (κ3) is 4.04. The molecule has 1 saturated carbocycles. The third-order valence-corrected chi connectivity index (χ3v) is 3.89. The number of hydrogen-bond acceptors (Lipinski definition) is 3. The van der Waals surface area contributed by atoms with Crippen LogP contribution in [0.15, 0.2) is 0 Å². The molecule has 16 heavy (non-hydrogen) atoms. The van der Waals surface area contributed by atoms with Crippen LogP contribution in [-0.2, 0) is 0 Å². The Kier molecular flexibility index (Phi) is 5.22. The van der Waals surface area contributed by atoms with Gasteiger partial charge >= 0.3 is 0 Å². The molecule has 0 amide bonds. The molecule has 0 saturated heterocycles. The molecule has 3 N–H and O–H groups in total. The molecule has 0 bridgehead atoms. The van der Waals surface area contributed by atoms with E-state index in [4.69, 9.17) is 5.73 Å². The van der Waals surface area contributed by atoms with Crippen LogP contribution < -0.4 is 5.73 Å². The minimum absolute atomic E-state index is 0.426. The first-order valence-corrected chi connectivity index (χ1v) is 6.58. The summed E-state index contributed by atoms with van der Waals surface area (Å²) in [6.07, 6.45) is 4.28. The minimum Gasteiger partial charge on any atom is -0.389 e. The average molecular weight is 228 g/mol. The normalized spacial score (nSPS) is 21.9. The van der Waals surface area contributed by atoms with Crippen LogP contribution in [0.3, 0.4) is 0 Å². The smallest absolute Gasteiger partial charge is 0.0774 e. The molecule has 1 atom stereocenters. The van der Waals surface area contributed by atoms with Gasteiger partial charge in [-0.25, -0.2) is 0 Å². The van der Waals surface area contributed by atoms with Crippen molar-refractivity contribution < 1.29 is 5.11 Å². The summed E-state index contributed by atoms with van der Waals surface area (Å²) in [4.78, 5) is 2.25. The van der Waals surface area contributed by atoms with Crippen molar-refractivity contribution in [3.8, 4) is 0 Å². The van der Waals surface area contributed by atoms with Crippen LogP contribution >= 0.6 is 0 Å². The Hall–Kier alpha value is -0.120. The van der Waals surface area contributed by atoms with Gasteiger partial charge in [-0.05, 0) is 38.3 Å².